The number of nitrogens with one attached hydrogen (secondary N) is 2. The SMILES string of the molecule is COc1cc(C=NNC(=O)/C(=C/c2ccc3c(c2)OCO3)NC(=O)c2ccccc2)cc(OC)c1OC. The fourth-order valence-electron chi connectivity index (χ4n) is 3.51. The summed E-state index contributed by atoms with van der Waals surface area (Å²) < 4.78 is 26.7. The van der Waals surface area contributed by atoms with Gasteiger partial charge >= 0.3 is 0 Å². The molecule has 1 heterocycles. The van der Waals surface area contributed by atoms with E-state index in [0.29, 0.717) is 45.4 Å². The highest BCUT2D eigenvalue weighted by Crippen LogP contribution is 2.37. The van der Waals surface area contributed by atoms with Crippen LogP contribution in [0.3, 0.4) is 0 Å². The van der Waals surface area contributed by atoms with Crippen molar-refractivity contribution in [1.29, 1.82) is 0 Å². The number of ether oxygens (including phenoxy) is 5. The Bertz CT molecular complexity index is 1330. The van der Waals surface area contributed by atoms with Gasteiger partial charge in [-0.3, -0.25) is 9.59 Å². The maximum absolute atomic E-state index is 13.1. The summed E-state index contributed by atoms with van der Waals surface area (Å²) in [5, 5.41) is 6.69. The van der Waals surface area contributed by atoms with Gasteiger partial charge in [-0.2, -0.15) is 5.10 Å². The monoisotopic (exact) mass is 503 g/mol. The van der Waals surface area contributed by atoms with Gasteiger partial charge in [-0.25, -0.2) is 5.43 Å². The summed E-state index contributed by atoms with van der Waals surface area (Å²) in [6, 6.07) is 17.1. The molecule has 190 valence electrons. The molecule has 4 rings (SSSR count). The second kappa shape index (κ2) is 11.6. The van der Waals surface area contributed by atoms with Crippen LogP contribution in [0, 0.1) is 0 Å². The number of nitrogens with zero attached hydrogens (tertiary/aromatic N) is 1. The molecule has 3 aromatic rings. The van der Waals surface area contributed by atoms with E-state index in [0.717, 1.165) is 0 Å². The second-order valence-corrected chi connectivity index (χ2v) is 7.65. The number of carbonyl (C=O) groups is 2. The normalized spacial score (nSPS) is 12.2. The van der Waals surface area contributed by atoms with E-state index in [4.69, 9.17) is 23.7 Å². The zero-order chi connectivity index (χ0) is 26.2. The molecule has 0 atom stereocenters. The van der Waals surface area contributed by atoms with Crippen LogP contribution in [-0.2, 0) is 4.79 Å². The largest absolute Gasteiger partial charge is 0.493 e. The molecule has 0 radical (unpaired) electrons. The van der Waals surface area contributed by atoms with Gasteiger partial charge in [0.2, 0.25) is 12.5 Å². The minimum Gasteiger partial charge on any atom is -0.493 e. The lowest BCUT2D eigenvalue weighted by molar-refractivity contribution is -0.117. The quantitative estimate of drug-likeness (QED) is 0.261. The van der Waals surface area contributed by atoms with Crippen LogP contribution in [0.5, 0.6) is 28.7 Å². The van der Waals surface area contributed by atoms with Crippen LogP contribution < -0.4 is 34.4 Å². The Kier molecular flexibility index (Phi) is 7.89. The standard InChI is InChI=1S/C27H25N3O7/c1-33-23-13-18(14-24(34-2)25(23)35-3)15-28-30-27(32)20(29-26(31)19-7-5-4-6-8-19)11-17-9-10-21-22(12-17)37-16-36-21/h4-15H,16H2,1-3H3,(H,29,31)(H,30,32)/b20-11-,28-15?. The molecule has 0 saturated carbocycles. The molecule has 2 N–H and O–H groups in total. The molecular weight excluding hydrogens is 478 g/mol. The maximum atomic E-state index is 13.1. The lowest BCUT2D eigenvalue weighted by Crippen LogP contribution is -2.32. The average Bonchev–Trinajstić information content (AvgIpc) is 3.40. The highest BCUT2D eigenvalue weighted by Gasteiger charge is 2.17. The van der Waals surface area contributed by atoms with E-state index in [-0.39, 0.29) is 12.5 Å². The van der Waals surface area contributed by atoms with Gasteiger partial charge < -0.3 is 29.0 Å². The molecule has 0 fully saturated rings. The Hall–Kier alpha value is -4.99. The fourth-order valence-corrected chi connectivity index (χ4v) is 3.51. The number of hydrazone groups is 1. The van der Waals surface area contributed by atoms with Crippen molar-refractivity contribution in [2.45, 2.75) is 0 Å². The van der Waals surface area contributed by atoms with E-state index in [1.165, 1.54) is 33.6 Å². The summed E-state index contributed by atoms with van der Waals surface area (Å²) in [6.45, 7) is 0.121. The number of benzene rings is 3. The number of hydrogen-bond acceptors (Lipinski definition) is 8. The third-order valence-electron chi connectivity index (χ3n) is 5.30. The topological polar surface area (TPSA) is 117 Å². The zero-order valence-corrected chi connectivity index (χ0v) is 20.4. The predicted molar refractivity (Wildman–Crippen MR) is 136 cm³/mol. The molecule has 37 heavy (non-hydrogen) atoms. The highest BCUT2D eigenvalue weighted by molar-refractivity contribution is 6.05. The Morgan fingerprint density at radius 3 is 2.24 bits per heavy atom. The van der Waals surface area contributed by atoms with Crippen molar-refractivity contribution >= 4 is 24.1 Å². The third-order valence-corrected chi connectivity index (χ3v) is 5.30. The summed E-state index contributed by atoms with van der Waals surface area (Å²) in [6.07, 6.45) is 2.94. The summed E-state index contributed by atoms with van der Waals surface area (Å²) in [5.74, 6) is 1.38. The minimum atomic E-state index is -0.634. The molecule has 2 amide bonds. The van der Waals surface area contributed by atoms with Crippen LogP contribution >= 0.6 is 0 Å². The molecule has 0 saturated heterocycles. The van der Waals surface area contributed by atoms with E-state index in [1.807, 2.05) is 0 Å². The molecule has 3 aromatic carbocycles. The number of rotatable bonds is 9. The van der Waals surface area contributed by atoms with Gasteiger partial charge in [-0.15, -0.1) is 0 Å². The van der Waals surface area contributed by atoms with Crippen LogP contribution in [0.1, 0.15) is 21.5 Å². The third kappa shape index (κ3) is 5.99. The molecule has 1 aliphatic heterocycles. The molecule has 0 spiro atoms. The maximum Gasteiger partial charge on any atom is 0.287 e. The van der Waals surface area contributed by atoms with Crippen molar-refractivity contribution in [3.8, 4) is 28.7 Å². The van der Waals surface area contributed by atoms with Gasteiger partial charge in [0.05, 0.1) is 27.5 Å². The van der Waals surface area contributed by atoms with Gasteiger partial charge in [0, 0.05) is 11.1 Å². The molecular formula is C27H25N3O7. The molecule has 10 nitrogen and oxygen atoms in total. The van der Waals surface area contributed by atoms with Crippen molar-refractivity contribution < 1.29 is 33.3 Å². The Morgan fingerprint density at radius 2 is 1.57 bits per heavy atom. The van der Waals surface area contributed by atoms with Gasteiger partial charge in [0.1, 0.15) is 5.70 Å². The van der Waals surface area contributed by atoms with Crippen molar-refractivity contribution in [2.24, 2.45) is 5.10 Å². The van der Waals surface area contributed by atoms with E-state index in [9.17, 15) is 9.59 Å². The second-order valence-electron chi connectivity index (χ2n) is 7.65. The van der Waals surface area contributed by atoms with Crippen molar-refractivity contribution in [2.75, 3.05) is 28.1 Å². The van der Waals surface area contributed by atoms with E-state index < -0.39 is 11.8 Å². The Morgan fingerprint density at radius 1 is 0.865 bits per heavy atom. The first-order valence-corrected chi connectivity index (χ1v) is 11.1. The zero-order valence-electron chi connectivity index (χ0n) is 20.4. The van der Waals surface area contributed by atoms with Gasteiger partial charge in [0.25, 0.3) is 11.8 Å². The minimum absolute atomic E-state index is 0.0187. The molecule has 10 heteroatoms. The Labute approximate surface area is 213 Å². The molecule has 0 aliphatic carbocycles. The van der Waals surface area contributed by atoms with E-state index >= 15 is 0 Å². The lowest BCUT2D eigenvalue weighted by atomic mass is 10.1. The molecule has 0 aromatic heterocycles. The smallest absolute Gasteiger partial charge is 0.287 e. The van der Waals surface area contributed by atoms with Gasteiger partial charge in [-0.05, 0) is 48.0 Å². The number of fused-ring (bicyclic) bond motifs is 1. The van der Waals surface area contributed by atoms with Crippen molar-refractivity contribution in [3.05, 3.63) is 83.1 Å². The highest BCUT2D eigenvalue weighted by atomic mass is 16.7. The summed E-state index contributed by atoms with van der Waals surface area (Å²) in [5.41, 5.74) is 4.03. The first kappa shape index (κ1) is 25.1. The number of carbonyl (C=O) groups excluding carboxylic acids is 2. The van der Waals surface area contributed by atoms with Crippen LogP contribution in [0.2, 0.25) is 0 Å². The van der Waals surface area contributed by atoms with E-state index in [2.05, 4.69) is 15.8 Å². The van der Waals surface area contributed by atoms with E-state index in [1.54, 1.807) is 60.7 Å². The van der Waals surface area contributed by atoms with Crippen molar-refractivity contribution in [3.63, 3.8) is 0 Å². The van der Waals surface area contributed by atoms with Crippen LogP contribution in [0.4, 0.5) is 0 Å². The van der Waals surface area contributed by atoms with Crippen LogP contribution in [-0.4, -0.2) is 46.2 Å². The first-order valence-electron chi connectivity index (χ1n) is 11.1. The van der Waals surface area contributed by atoms with Gasteiger partial charge in [-0.1, -0.05) is 24.3 Å². The summed E-state index contributed by atoms with van der Waals surface area (Å²) >= 11 is 0. The van der Waals surface area contributed by atoms with Crippen molar-refractivity contribution in [1.82, 2.24) is 10.7 Å². The number of amides is 2. The van der Waals surface area contributed by atoms with Crippen LogP contribution in [0.15, 0.2) is 71.5 Å². The molecule has 0 unspecified atom stereocenters. The molecule has 1 aliphatic rings. The molecule has 0 bridgehead atoms. The number of methoxy groups -OCH3 is 3. The number of hydrogen-bond donors (Lipinski definition) is 2. The van der Waals surface area contributed by atoms with Gasteiger partial charge in [0.15, 0.2) is 23.0 Å². The average molecular weight is 504 g/mol. The first-order chi connectivity index (χ1) is 18.0. The summed E-state index contributed by atoms with van der Waals surface area (Å²) in [4.78, 5) is 25.8. The summed E-state index contributed by atoms with van der Waals surface area (Å²) in [7, 11) is 4.51. The predicted octanol–water partition coefficient (Wildman–Crippen LogP) is 3.36. The lowest BCUT2D eigenvalue weighted by Gasteiger charge is -2.12. The fraction of sp³-hybridized carbons (Fsp3) is 0.148. The Balaban J connectivity index is 1.57. The van der Waals surface area contributed by atoms with Crippen LogP contribution in [0.25, 0.3) is 6.08 Å².